The second kappa shape index (κ2) is 12.3. The van der Waals surface area contributed by atoms with E-state index in [1.165, 1.54) is 0 Å². The number of nitrogens with zero attached hydrogens (tertiary/aromatic N) is 6. The second-order valence-electron chi connectivity index (χ2n) is 11.4. The highest BCUT2D eigenvalue weighted by atomic mass is 16.3. The predicted molar refractivity (Wildman–Crippen MR) is 166 cm³/mol. The molecule has 0 radical (unpaired) electrons. The van der Waals surface area contributed by atoms with E-state index in [-0.39, 0.29) is 49.4 Å². The molecule has 3 amide bonds. The van der Waals surface area contributed by atoms with E-state index in [0.29, 0.717) is 19.5 Å². The SMILES string of the molecule is C=CCN1CC(=O)N2[C@@H](Cc3ccc(O)cc3)C(=O)N(Cc3cccc4c3cnn4C)C[C@@H]2N1C(=O)CCc1ccccc1. The molecule has 2 fully saturated rings. The Morgan fingerprint density at radius 1 is 1.02 bits per heavy atom. The third-order valence-electron chi connectivity index (χ3n) is 8.50. The Balaban J connectivity index is 1.37. The molecule has 2 atom stereocenters. The van der Waals surface area contributed by atoms with Gasteiger partial charge in [0.25, 0.3) is 0 Å². The van der Waals surface area contributed by atoms with E-state index in [2.05, 4.69) is 11.7 Å². The Hall–Kier alpha value is -4.96. The molecule has 2 aliphatic heterocycles. The molecule has 44 heavy (non-hydrogen) atoms. The van der Waals surface area contributed by atoms with Crippen LogP contribution in [-0.4, -0.2) is 84.3 Å². The first-order valence-corrected chi connectivity index (χ1v) is 14.8. The van der Waals surface area contributed by atoms with Crippen LogP contribution in [0.5, 0.6) is 5.75 Å². The molecule has 3 heterocycles. The van der Waals surface area contributed by atoms with Crippen molar-refractivity contribution >= 4 is 28.6 Å². The number of aromatic nitrogens is 2. The molecule has 0 spiro atoms. The Bertz CT molecular complexity index is 1690. The van der Waals surface area contributed by atoms with Crippen LogP contribution in [0.4, 0.5) is 0 Å². The van der Waals surface area contributed by atoms with E-state index < -0.39 is 12.2 Å². The lowest BCUT2D eigenvalue weighted by Gasteiger charge is -2.55. The zero-order chi connectivity index (χ0) is 30.8. The summed E-state index contributed by atoms with van der Waals surface area (Å²) in [5.74, 6) is -0.394. The molecule has 0 bridgehead atoms. The number of fused-ring (bicyclic) bond motifs is 2. The summed E-state index contributed by atoms with van der Waals surface area (Å²) < 4.78 is 1.80. The average Bonchev–Trinajstić information content (AvgIpc) is 3.41. The molecule has 1 aromatic heterocycles. The lowest BCUT2D eigenvalue weighted by Crippen LogP contribution is -2.75. The Kier molecular flexibility index (Phi) is 8.17. The number of rotatable bonds is 9. The number of phenols is 1. The number of carbonyl (C=O) groups excluding carboxylic acids is 3. The number of carbonyl (C=O) groups is 3. The highest BCUT2D eigenvalue weighted by Gasteiger charge is 2.51. The van der Waals surface area contributed by atoms with Crippen molar-refractivity contribution in [2.45, 2.75) is 38.0 Å². The molecule has 10 heteroatoms. The minimum absolute atomic E-state index is 0.0338. The summed E-state index contributed by atoms with van der Waals surface area (Å²) >= 11 is 0. The van der Waals surface area contributed by atoms with Gasteiger partial charge in [-0.25, -0.2) is 10.0 Å². The van der Waals surface area contributed by atoms with Gasteiger partial charge in [0.1, 0.15) is 18.0 Å². The van der Waals surface area contributed by atoms with E-state index >= 15 is 0 Å². The Labute approximate surface area is 256 Å². The summed E-state index contributed by atoms with van der Waals surface area (Å²) in [6, 6.07) is 21.6. The van der Waals surface area contributed by atoms with Crippen molar-refractivity contribution in [3.8, 4) is 5.75 Å². The first-order valence-electron chi connectivity index (χ1n) is 14.8. The lowest BCUT2D eigenvalue weighted by molar-refractivity contribution is -0.205. The van der Waals surface area contributed by atoms with Gasteiger partial charge in [0, 0.05) is 38.4 Å². The molecule has 6 rings (SSSR count). The Morgan fingerprint density at radius 3 is 2.55 bits per heavy atom. The van der Waals surface area contributed by atoms with Crippen LogP contribution in [0, 0.1) is 0 Å². The van der Waals surface area contributed by atoms with Gasteiger partial charge in [0.2, 0.25) is 17.7 Å². The smallest absolute Gasteiger partial charge is 0.246 e. The van der Waals surface area contributed by atoms with Crippen molar-refractivity contribution in [3.63, 3.8) is 0 Å². The van der Waals surface area contributed by atoms with Crippen molar-refractivity contribution in [2.24, 2.45) is 7.05 Å². The lowest BCUT2D eigenvalue weighted by atomic mass is 9.97. The maximum absolute atomic E-state index is 14.3. The summed E-state index contributed by atoms with van der Waals surface area (Å²) in [5.41, 5.74) is 3.75. The van der Waals surface area contributed by atoms with Gasteiger partial charge in [0.15, 0.2) is 0 Å². The fourth-order valence-electron chi connectivity index (χ4n) is 6.35. The highest BCUT2D eigenvalue weighted by Crippen LogP contribution is 2.31. The minimum Gasteiger partial charge on any atom is -0.508 e. The van der Waals surface area contributed by atoms with Crippen molar-refractivity contribution in [1.29, 1.82) is 0 Å². The summed E-state index contributed by atoms with van der Waals surface area (Å²) in [6.45, 7) is 4.62. The molecular formula is C34H36N6O4. The van der Waals surface area contributed by atoms with Gasteiger partial charge in [-0.05, 0) is 41.3 Å². The molecular weight excluding hydrogens is 556 g/mol. The van der Waals surface area contributed by atoms with E-state index in [4.69, 9.17) is 0 Å². The van der Waals surface area contributed by atoms with Crippen molar-refractivity contribution in [2.75, 3.05) is 19.6 Å². The van der Waals surface area contributed by atoms with Crippen LogP contribution in [0.3, 0.4) is 0 Å². The number of hydrogen-bond donors (Lipinski definition) is 1. The average molecular weight is 593 g/mol. The molecule has 1 N–H and O–H groups in total. The number of aryl methyl sites for hydroxylation is 2. The molecule has 0 unspecified atom stereocenters. The number of amides is 3. The third kappa shape index (κ3) is 5.68. The van der Waals surface area contributed by atoms with Crippen molar-refractivity contribution in [1.82, 2.24) is 29.6 Å². The fourth-order valence-corrected chi connectivity index (χ4v) is 6.35. The van der Waals surface area contributed by atoms with Gasteiger partial charge in [-0.2, -0.15) is 5.10 Å². The second-order valence-corrected chi connectivity index (χ2v) is 11.4. The fraction of sp³-hybridized carbons (Fsp3) is 0.294. The maximum atomic E-state index is 14.3. The summed E-state index contributed by atoms with van der Waals surface area (Å²) in [5, 5.41) is 18.6. The first-order chi connectivity index (χ1) is 21.3. The number of phenolic OH excluding ortho intramolecular Hbond substituents is 1. The number of aromatic hydroxyl groups is 1. The maximum Gasteiger partial charge on any atom is 0.246 e. The molecule has 10 nitrogen and oxygen atoms in total. The molecule has 2 saturated heterocycles. The predicted octanol–water partition coefficient (Wildman–Crippen LogP) is 3.27. The molecule has 2 aliphatic rings. The van der Waals surface area contributed by atoms with Crippen LogP contribution < -0.4 is 0 Å². The Morgan fingerprint density at radius 2 is 1.80 bits per heavy atom. The molecule has 4 aromatic rings. The summed E-state index contributed by atoms with van der Waals surface area (Å²) in [7, 11) is 1.88. The monoisotopic (exact) mass is 592 g/mol. The quantitative estimate of drug-likeness (QED) is 0.300. The summed E-state index contributed by atoms with van der Waals surface area (Å²) in [4.78, 5) is 45.4. The number of hydrazine groups is 1. The molecule has 226 valence electrons. The number of benzene rings is 3. The van der Waals surface area contributed by atoms with Crippen LogP contribution >= 0.6 is 0 Å². The van der Waals surface area contributed by atoms with Crippen LogP contribution in [0.25, 0.3) is 10.9 Å². The van der Waals surface area contributed by atoms with Crippen LogP contribution in [0.15, 0.2) is 91.6 Å². The zero-order valence-electron chi connectivity index (χ0n) is 24.7. The number of hydrogen-bond acceptors (Lipinski definition) is 6. The molecule has 3 aromatic carbocycles. The van der Waals surface area contributed by atoms with Gasteiger partial charge in [-0.1, -0.05) is 60.7 Å². The first kappa shape index (κ1) is 29.1. The topological polar surface area (TPSA) is 102 Å². The van der Waals surface area contributed by atoms with Gasteiger partial charge in [0.05, 0.1) is 24.8 Å². The van der Waals surface area contributed by atoms with E-state index in [1.54, 1.807) is 61.0 Å². The summed E-state index contributed by atoms with van der Waals surface area (Å²) in [6.07, 6.45) is 3.86. The van der Waals surface area contributed by atoms with E-state index in [0.717, 1.165) is 27.6 Å². The standard InChI is InChI=1S/C34H36N6O4/c1-3-18-38-23-33(43)39-30(19-25-12-15-27(41)16-13-25)34(44)37(21-26-10-7-11-29-28(26)20-35-36(29)2)22-31(39)40(38)32(42)17-14-24-8-5-4-6-9-24/h3-13,15-16,20,30-31,41H,1,14,17-19,21-23H2,2H3/t30-,31-/m0/s1. The van der Waals surface area contributed by atoms with Gasteiger partial charge in [-0.3, -0.25) is 19.1 Å². The van der Waals surface area contributed by atoms with Crippen LogP contribution in [0.1, 0.15) is 23.1 Å². The van der Waals surface area contributed by atoms with Gasteiger partial charge >= 0.3 is 0 Å². The van der Waals surface area contributed by atoms with Gasteiger partial charge < -0.3 is 14.9 Å². The number of piperazine rings is 1. The van der Waals surface area contributed by atoms with E-state index in [9.17, 15) is 19.5 Å². The van der Waals surface area contributed by atoms with Crippen LogP contribution in [-0.2, 0) is 40.8 Å². The van der Waals surface area contributed by atoms with E-state index in [1.807, 2.05) is 55.6 Å². The third-order valence-corrected chi connectivity index (χ3v) is 8.50. The highest BCUT2D eigenvalue weighted by molar-refractivity contribution is 5.92. The van der Waals surface area contributed by atoms with Gasteiger partial charge in [-0.15, -0.1) is 6.58 Å². The van der Waals surface area contributed by atoms with Crippen LogP contribution in [0.2, 0.25) is 0 Å². The van der Waals surface area contributed by atoms with Crippen molar-refractivity contribution in [3.05, 3.63) is 108 Å². The zero-order valence-corrected chi connectivity index (χ0v) is 24.7. The molecule has 0 saturated carbocycles. The van der Waals surface area contributed by atoms with Crippen molar-refractivity contribution < 1.29 is 19.5 Å². The molecule has 0 aliphatic carbocycles. The largest absolute Gasteiger partial charge is 0.508 e. The normalized spacial score (nSPS) is 19.0. The minimum atomic E-state index is -0.825.